The van der Waals surface area contributed by atoms with Gasteiger partial charge in [-0.05, 0) is 73.3 Å². The monoisotopic (exact) mass is 401 g/mol. The Labute approximate surface area is 170 Å². The molecule has 1 aromatic carbocycles. The summed E-state index contributed by atoms with van der Waals surface area (Å²) in [6.45, 7) is 4.80. The normalized spacial score (nSPS) is 21.0. The van der Waals surface area contributed by atoms with Crippen LogP contribution in [0.5, 0.6) is 0 Å². The lowest BCUT2D eigenvalue weighted by molar-refractivity contribution is 0.148. The first-order valence-electron chi connectivity index (χ1n) is 10.5. The van der Waals surface area contributed by atoms with E-state index in [1.165, 1.54) is 42.8 Å². The van der Waals surface area contributed by atoms with Crippen LogP contribution >= 0.6 is 0 Å². The van der Waals surface area contributed by atoms with Crippen LogP contribution in [-0.2, 0) is 0 Å². The summed E-state index contributed by atoms with van der Waals surface area (Å²) in [5.74, 6) is -0.00157. The number of amides is 2. The van der Waals surface area contributed by atoms with Crippen molar-refractivity contribution in [1.29, 1.82) is 0 Å². The zero-order valence-electron chi connectivity index (χ0n) is 16.6. The number of halogens is 1. The Morgan fingerprint density at radius 2 is 1.97 bits per heavy atom. The maximum Gasteiger partial charge on any atom is 0.321 e. The number of nitrogens with zero attached hydrogens (tertiary/aromatic N) is 6. The number of aromatic nitrogens is 4. The van der Waals surface area contributed by atoms with E-state index in [1.54, 1.807) is 12.1 Å². The molecule has 0 saturated carbocycles. The number of carbonyl (C=O) groups excluding carboxylic acids is 1. The van der Waals surface area contributed by atoms with E-state index in [2.05, 4.69) is 25.7 Å². The molecule has 0 bridgehead atoms. The summed E-state index contributed by atoms with van der Waals surface area (Å²) < 4.78 is 15.7. The highest BCUT2D eigenvalue weighted by Gasteiger charge is 2.26. The van der Waals surface area contributed by atoms with Crippen LogP contribution in [0.4, 0.5) is 14.9 Å². The zero-order valence-corrected chi connectivity index (χ0v) is 16.6. The van der Waals surface area contributed by atoms with Gasteiger partial charge in [-0.3, -0.25) is 0 Å². The van der Waals surface area contributed by atoms with Crippen LogP contribution in [0.1, 0.15) is 38.5 Å². The Bertz CT molecular complexity index is 805. The van der Waals surface area contributed by atoms with Gasteiger partial charge in [-0.2, -0.15) is 0 Å². The topological polar surface area (TPSA) is 79.2 Å². The summed E-state index contributed by atoms with van der Waals surface area (Å²) in [5, 5.41) is 13.7. The van der Waals surface area contributed by atoms with Crippen molar-refractivity contribution in [2.45, 2.75) is 38.5 Å². The third-order valence-electron chi connectivity index (χ3n) is 5.83. The van der Waals surface area contributed by atoms with Crippen molar-refractivity contribution >= 4 is 11.7 Å². The number of urea groups is 1. The second kappa shape index (κ2) is 9.30. The molecule has 0 radical (unpaired) electrons. The highest BCUT2D eigenvalue weighted by molar-refractivity contribution is 5.89. The van der Waals surface area contributed by atoms with Gasteiger partial charge in [-0.1, -0.05) is 12.8 Å². The first kappa shape index (κ1) is 19.8. The van der Waals surface area contributed by atoms with E-state index >= 15 is 0 Å². The molecule has 2 aromatic rings. The van der Waals surface area contributed by atoms with E-state index in [0.717, 1.165) is 39.0 Å². The fourth-order valence-electron chi connectivity index (χ4n) is 4.31. The lowest BCUT2D eigenvalue weighted by Gasteiger charge is -2.35. The molecule has 29 heavy (non-hydrogen) atoms. The van der Waals surface area contributed by atoms with E-state index in [9.17, 15) is 9.18 Å². The second-order valence-electron chi connectivity index (χ2n) is 8.02. The van der Waals surface area contributed by atoms with Gasteiger partial charge in [0.2, 0.25) is 0 Å². The smallest absolute Gasteiger partial charge is 0.321 e. The Balaban J connectivity index is 1.37. The third-order valence-corrected chi connectivity index (χ3v) is 5.83. The first-order valence-corrected chi connectivity index (χ1v) is 10.5. The second-order valence-corrected chi connectivity index (χ2v) is 8.02. The standard InChI is InChI=1S/C20H28FN7O/c21-18-8-7-17(28-15-22-24-25-28)12-19(18)23-20(29)27-11-5-6-16(14-27)13-26-9-3-1-2-4-10-26/h7-8,12,15-16H,1-6,9-11,13-14H2,(H,23,29). The number of nitrogens with one attached hydrogen (secondary N) is 1. The van der Waals surface area contributed by atoms with E-state index in [1.807, 2.05) is 4.90 Å². The average Bonchev–Trinajstić information content (AvgIpc) is 3.15. The van der Waals surface area contributed by atoms with Crippen molar-refractivity contribution in [2.75, 3.05) is 38.0 Å². The summed E-state index contributed by atoms with van der Waals surface area (Å²) in [4.78, 5) is 17.2. The summed E-state index contributed by atoms with van der Waals surface area (Å²) in [6.07, 6.45) is 8.75. The largest absolute Gasteiger partial charge is 0.324 e. The molecule has 1 N–H and O–H groups in total. The van der Waals surface area contributed by atoms with Gasteiger partial charge in [-0.15, -0.1) is 5.10 Å². The van der Waals surface area contributed by atoms with Crippen LogP contribution in [0.15, 0.2) is 24.5 Å². The predicted octanol–water partition coefficient (Wildman–Crippen LogP) is 2.92. The van der Waals surface area contributed by atoms with E-state index in [-0.39, 0.29) is 11.7 Å². The SMILES string of the molecule is O=C(Nc1cc(-n2cnnn2)ccc1F)N1CCCC(CN2CCCCCC2)C1. The van der Waals surface area contributed by atoms with Crippen LogP contribution < -0.4 is 5.32 Å². The van der Waals surface area contributed by atoms with Crippen molar-refractivity contribution in [2.24, 2.45) is 5.92 Å². The fraction of sp³-hybridized carbons (Fsp3) is 0.600. The molecule has 8 nitrogen and oxygen atoms in total. The number of tetrazole rings is 1. The predicted molar refractivity (Wildman–Crippen MR) is 107 cm³/mol. The maximum absolute atomic E-state index is 14.3. The molecule has 2 fully saturated rings. The highest BCUT2D eigenvalue weighted by Crippen LogP contribution is 2.22. The minimum atomic E-state index is -0.478. The number of rotatable bonds is 4. The van der Waals surface area contributed by atoms with Crippen LogP contribution in [0.2, 0.25) is 0 Å². The first-order chi connectivity index (χ1) is 14.2. The van der Waals surface area contributed by atoms with Gasteiger partial charge in [0.1, 0.15) is 12.1 Å². The van der Waals surface area contributed by atoms with Gasteiger partial charge in [0.25, 0.3) is 0 Å². The van der Waals surface area contributed by atoms with Gasteiger partial charge in [0.15, 0.2) is 0 Å². The summed E-state index contributed by atoms with van der Waals surface area (Å²) in [7, 11) is 0. The number of hydrogen-bond donors (Lipinski definition) is 1. The van der Waals surface area contributed by atoms with Crippen molar-refractivity contribution < 1.29 is 9.18 Å². The summed E-state index contributed by atoms with van der Waals surface area (Å²) in [5.41, 5.74) is 0.724. The molecule has 2 amide bonds. The molecule has 2 saturated heterocycles. The van der Waals surface area contributed by atoms with Crippen LogP contribution in [0.3, 0.4) is 0 Å². The van der Waals surface area contributed by atoms with Gasteiger partial charge < -0.3 is 15.1 Å². The van der Waals surface area contributed by atoms with Gasteiger partial charge in [0, 0.05) is 19.6 Å². The van der Waals surface area contributed by atoms with Crippen LogP contribution in [-0.4, -0.2) is 68.8 Å². The number of hydrogen-bond acceptors (Lipinski definition) is 5. The van der Waals surface area contributed by atoms with E-state index in [0.29, 0.717) is 18.2 Å². The van der Waals surface area contributed by atoms with E-state index in [4.69, 9.17) is 0 Å². The molecular weight excluding hydrogens is 373 g/mol. The maximum atomic E-state index is 14.3. The molecular formula is C20H28FN7O. The van der Waals surface area contributed by atoms with Crippen molar-refractivity contribution in [3.05, 3.63) is 30.3 Å². The Kier molecular flexibility index (Phi) is 6.33. The summed E-state index contributed by atoms with van der Waals surface area (Å²) >= 11 is 0. The fourth-order valence-corrected chi connectivity index (χ4v) is 4.31. The molecule has 0 spiro atoms. The van der Waals surface area contributed by atoms with Crippen molar-refractivity contribution in [3.63, 3.8) is 0 Å². The Morgan fingerprint density at radius 1 is 1.14 bits per heavy atom. The van der Waals surface area contributed by atoms with Crippen molar-refractivity contribution in [1.82, 2.24) is 30.0 Å². The van der Waals surface area contributed by atoms with Gasteiger partial charge in [-0.25, -0.2) is 13.9 Å². The number of likely N-dealkylation sites (tertiary alicyclic amines) is 2. The number of carbonyl (C=O) groups is 1. The highest BCUT2D eigenvalue weighted by atomic mass is 19.1. The molecule has 2 aliphatic heterocycles. The zero-order chi connectivity index (χ0) is 20.1. The molecule has 3 heterocycles. The van der Waals surface area contributed by atoms with Gasteiger partial charge >= 0.3 is 6.03 Å². The van der Waals surface area contributed by atoms with E-state index < -0.39 is 5.82 Å². The lowest BCUT2D eigenvalue weighted by Crippen LogP contribution is -2.45. The minimum Gasteiger partial charge on any atom is -0.324 e. The number of anilines is 1. The van der Waals surface area contributed by atoms with Crippen LogP contribution in [0, 0.1) is 11.7 Å². The Hall–Kier alpha value is -2.55. The summed E-state index contributed by atoms with van der Waals surface area (Å²) in [6, 6.07) is 4.17. The Morgan fingerprint density at radius 3 is 2.72 bits per heavy atom. The molecule has 156 valence electrons. The van der Waals surface area contributed by atoms with Crippen LogP contribution in [0.25, 0.3) is 5.69 Å². The average molecular weight is 401 g/mol. The third kappa shape index (κ3) is 5.09. The molecule has 4 rings (SSSR count). The number of benzene rings is 1. The lowest BCUT2D eigenvalue weighted by atomic mass is 9.97. The molecule has 9 heteroatoms. The minimum absolute atomic E-state index is 0.137. The molecule has 0 aliphatic carbocycles. The quantitative estimate of drug-likeness (QED) is 0.852. The number of piperidine rings is 1. The molecule has 1 atom stereocenters. The molecule has 1 aromatic heterocycles. The molecule has 1 unspecified atom stereocenters. The van der Waals surface area contributed by atoms with Gasteiger partial charge in [0.05, 0.1) is 11.4 Å². The molecule has 2 aliphatic rings. The van der Waals surface area contributed by atoms with Crippen molar-refractivity contribution in [3.8, 4) is 5.69 Å².